The van der Waals surface area contributed by atoms with Crippen LogP contribution in [0.1, 0.15) is 0 Å². The van der Waals surface area contributed by atoms with Gasteiger partial charge in [-0.15, -0.1) is 0 Å². The molecular weight excluding hydrogens is 122 g/mol. The van der Waals surface area contributed by atoms with Crippen LogP contribution in [0.5, 0.6) is 0 Å². The van der Waals surface area contributed by atoms with Crippen molar-refractivity contribution in [3.05, 3.63) is 0 Å². The summed E-state index contributed by atoms with van der Waals surface area (Å²) in [6, 6.07) is 0. The lowest BCUT2D eigenvalue weighted by molar-refractivity contribution is -0.130. The van der Waals surface area contributed by atoms with Crippen LogP contribution in [0.25, 0.3) is 0 Å². The van der Waals surface area contributed by atoms with E-state index in [4.69, 9.17) is 4.74 Å². The van der Waals surface area contributed by atoms with E-state index in [1.807, 2.05) is 0 Å². The first-order valence-corrected chi connectivity index (χ1v) is 2.59. The Morgan fingerprint density at radius 2 is 2.56 bits per heavy atom. The van der Waals surface area contributed by atoms with Gasteiger partial charge in [-0.25, -0.2) is 0 Å². The summed E-state index contributed by atoms with van der Waals surface area (Å²) in [6.45, 7) is 0.224. The van der Waals surface area contributed by atoms with E-state index in [-0.39, 0.29) is 19.1 Å². The van der Waals surface area contributed by atoms with Gasteiger partial charge in [0.1, 0.15) is 12.7 Å². The monoisotopic (exact) mass is 128 g/mol. The quantitative estimate of drug-likeness (QED) is 0.473. The molecule has 0 aromatic heterocycles. The summed E-state index contributed by atoms with van der Waals surface area (Å²) < 4.78 is 4.70. The van der Waals surface area contributed by atoms with Gasteiger partial charge in [0.05, 0.1) is 6.54 Å². The third kappa shape index (κ3) is 1.50. The molecule has 0 aliphatic carbocycles. The predicted molar refractivity (Wildman–Crippen MR) is 28.4 cm³/mol. The summed E-state index contributed by atoms with van der Waals surface area (Å²) in [6.07, 6.45) is 1.07. The first-order valence-electron chi connectivity index (χ1n) is 2.59. The number of carbonyl (C=O) groups is 1. The Bertz CT molecular complexity index is 124. The minimum atomic E-state index is -0.567. The van der Waals surface area contributed by atoms with Crippen molar-refractivity contribution in [1.29, 1.82) is 0 Å². The Labute approximate surface area is 52.2 Å². The smallest absolute Gasteiger partial charge is 0.246 e. The average molecular weight is 128 g/mol. The molecule has 1 heterocycles. The Morgan fingerprint density at radius 1 is 1.78 bits per heavy atom. The second-order valence-corrected chi connectivity index (χ2v) is 1.72. The fraction of sp³-hybridized carbons (Fsp3) is 0.600. The van der Waals surface area contributed by atoms with Gasteiger partial charge in [0.25, 0.3) is 0 Å². The zero-order valence-corrected chi connectivity index (χ0v) is 4.72. The molecule has 0 saturated carbocycles. The maximum absolute atomic E-state index is 10.4. The topological polar surface area (TPSA) is 55.4 Å². The molecule has 1 saturated heterocycles. The first-order chi connectivity index (χ1) is 4.33. The van der Waals surface area contributed by atoms with Crippen LogP contribution < -0.4 is 5.32 Å². The molecule has 9 heavy (non-hydrogen) atoms. The molecule has 4 nitrogen and oxygen atoms in total. The summed E-state index contributed by atoms with van der Waals surface area (Å²) in [7, 11) is 0. The Kier molecular flexibility index (Phi) is 1.79. The number of rotatable bonds is 1. The van der Waals surface area contributed by atoms with Crippen LogP contribution in [0.15, 0.2) is 0 Å². The minimum Gasteiger partial charge on any atom is -0.358 e. The molecule has 1 aliphatic rings. The molecule has 1 amide bonds. The fourth-order valence-electron chi connectivity index (χ4n) is 0.568. The lowest BCUT2D eigenvalue weighted by Crippen LogP contribution is -2.43. The van der Waals surface area contributed by atoms with Crippen LogP contribution in [-0.4, -0.2) is 31.4 Å². The molecule has 1 unspecified atom stereocenters. The number of nitrogens with one attached hydrogen (secondary N) is 1. The number of ether oxygens (including phenoxy) is 1. The molecule has 0 bridgehead atoms. The highest BCUT2D eigenvalue weighted by Gasteiger charge is 2.17. The number of carbonyl (C=O) groups excluding carboxylic acids is 2. The SMILES string of the molecule is O=[C]C1CNC(=O)CO1. The molecule has 0 spiro atoms. The van der Waals surface area contributed by atoms with Crippen molar-refractivity contribution in [2.45, 2.75) is 6.10 Å². The summed E-state index contributed by atoms with van der Waals surface area (Å²) in [5.41, 5.74) is 0. The van der Waals surface area contributed by atoms with Gasteiger partial charge in [0.2, 0.25) is 12.2 Å². The van der Waals surface area contributed by atoms with E-state index in [1.165, 1.54) is 0 Å². The van der Waals surface area contributed by atoms with Gasteiger partial charge in [-0.3, -0.25) is 9.59 Å². The number of morpholine rings is 1. The fourth-order valence-corrected chi connectivity index (χ4v) is 0.568. The standard InChI is InChI=1S/C5H6NO3/c7-2-4-1-6-5(8)3-9-4/h4H,1,3H2,(H,6,8). The van der Waals surface area contributed by atoms with Gasteiger partial charge >= 0.3 is 0 Å². The Hall–Kier alpha value is -0.900. The third-order valence-electron chi connectivity index (χ3n) is 1.03. The maximum atomic E-state index is 10.4. The molecule has 1 fully saturated rings. The second kappa shape index (κ2) is 2.59. The van der Waals surface area contributed by atoms with Crippen molar-refractivity contribution < 1.29 is 14.3 Å². The van der Waals surface area contributed by atoms with E-state index in [0.717, 1.165) is 0 Å². The van der Waals surface area contributed by atoms with Gasteiger partial charge in [-0.1, -0.05) is 0 Å². The van der Waals surface area contributed by atoms with Gasteiger partial charge in [-0.05, 0) is 0 Å². The number of hydrogen-bond acceptors (Lipinski definition) is 3. The molecule has 49 valence electrons. The largest absolute Gasteiger partial charge is 0.358 e. The van der Waals surface area contributed by atoms with Gasteiger partial charge in [0, 0.05) is 0 Å². The zero-order valence-electron chi connectivity index (χ0n) is 4.72. The van der Waals surface area contributed by atoms with E-state index in [2.05, 4.69) is 5.32 Å². The number of amides is 1. The van der Waals surface area contributed by atoms with Crippen LogP contribution in [0.4, 0.5) is 0 Å². The van der Waals surface area contributed by atoms with Gasteiger partial charge in [0.15, 0.2) is 0 Å². The van der Waals surface area contributed by atoms with Crippen LogP contribution in [0, 0.1) is 0 Å². The zero-order chi connectivity index (χ0) is 6.69. The molecule has 1 radical (unpaired) electrons. The molecule has 0 aromatic rings. The molecule has 1 rings (SSSR count). The van der Waals surface area contributed by atoms with E-state index < -0.39 is 6.10 Å². The summed E-state index contributed by atoms with van der Waals surface area (Å²) in [4.78, 5) is 20.2. The van der Waals surface area contributed by atoms with Crippen LogP contribution in [-0.2, 0) is 14.3 Å². The summed E-state index contributed by atoms with van der Waals surface area (Å²) in [5, 5.41) is 2.46. The molecular formula is C5H6NO3. The van der Waals surface area contributed by atoms with E-state index in [1.54, 1.807) is 6.29 Å². The highest BCUT2D eigenvalue weighted by Crippen LogP contribution is 1.91. The van der Waals surface area contributed by atoms with E-state index in [9.17, 15) is 9.59 Å². The van der Waals surface area contributed by atoms with Crippen LogP contribution in [0.2, 0.25) is 0 Å². The molecule has 4 heteroatoms. The first kappa shape index (κ1) is 6.22. The van der Waals surface area contributed by atoms with Crippen LogP contribution >= 0.6 is 0 Å². The normalized spacial score (nSPS) is 27.1. The third-order valence-corrected chi connectivity index (χ3v) is 1.03. The highest BCUT2D eigenvalue weighted by atomic mass is 16.5. The summed E-state index contributed by atoms with van der Waals surface area (Å²) in [5.74, 6) is -0.179. The molecule has 1 atom stereocenters. The Morgan fingerprint density at radius 3 is 3.00 bits per heavy atom. The average Bonchev–Trinajstić information content (AvgIpc) is 1.90. The van der Waals surface area contributed by atoms with E-state index >= 15 is 0 Å². The second-order valence-electron chi connectivity index (χ2n) is 1.72. The van der Waals surface area contributed by atoms with Crippen molar-refractivity contribution in [2.75, 3.05) is 13.2 Å². The van der Waals surface area contributed by atoms with Crippen molar-refractivity contribution >= 4 is 12.2 Å². The lowest BCUT2D eigenvalue weighted by atomic mass is 10.3. The lowest BCUT2D eigenvalue weighted by Gasteiger charge is -2.16. The van der Waals surface area contributed by atoms with Gasteiger partial charge in [-0.2, -0.15) is 0 Å². The van der Waals surface area contributed by atoms with Crippen molar-refractivity contribution in [3.63, 3.8) is 0 Å². The molecule has 0 aromatic carbocycles. The van der Waals surface area contributed by atoms with Crippen molar-refractivity contribution in [3.8, 4) is 0 Å². The van der Waals surface area contributed by atoms with Crippen LogP contribution in [0.3, 0.4) is 0 Å². The maximum Gasteiger partial charge on any atom is 0.246 e. The number of hydrogen-bond donors (Lipinski definition) is 1. The van der Waals surface area contributed by atoms with E-state index in [0.29, 0.717) is 0 Å². The van der Waals surface area contributed by atoms with Gasteiger partial charge < -0.3 is 10.1 Å². The summed E-state index contributed by atoms with van der Waals surface area (Å²) >= 11 is 0. The predicted octanol–water partition coefficient (Wildman–Crippen LogP) is -1.39. The Balaban J connectivity index is 2.34. The molecule has 1 N–H and O–H groups in total. The molecule has 1 aliphatic heterocycles. The highest BCUT2D eigenvalue weighted by molar-refractivity contribution is 5.79. The minimum absolute atomic E-state index is 0.0279. The van der Waals surface area contributed by atoms with Crippen molar-refractivity contribution in [2.24, 2.45) is 0 Å². The van der Waals surface area contributed by atoms with Crippen molar-refractivity contribution in [1.82, 2.24) is 5.32 Å².